The fourth-order valence-corrected chi connectivity index (χ4v) is 4.22. The summed E-state index contributed by atoms with van der Waals surface area (Å²) in [7, 11) is -3.04. The van der Waals surface area contributed by atoms with E-state index < -0.39 is 34.1 Å². The summed E-state index contributed by atoms with van der Waals surface area (Å²) in [4.78, 5) is 23.2. The van der Waals surface area contributed by atoms with Gasteiger partial charge in [-0.3, -0.25) is 9.59 Å². The summed E-state index contributed by atoms with van der Waals surface area (Å²) < 4.78 is 40.7. The number of ether oxygens (including phenoxy) is 1. The second-order valence-corrected chi connectivity index (χ2v) is 7.73. The number of esters is 1. The molecular weight excluding hydrogens is 325 g/mol. The molecule has 1 heterocycles. The fraction of sp³-hybridized carbons (Fsp3) is 0.467. The van der Waals surface area contributed by atoms with Crippen LogP contribution in [-0.2, 0) is 30.7 Å². The number of nitrogens with one attached hydrogen (secondary N) is 1. The largest absolute Gasteiger partial charge is 0.456 e. The second kappa shape index (κ2) is 7.54. The zero-order valence-corrected chi connectivity index (χ0v) is 13.3. The number of sulfone groups is 1. The lowest BCUT2D eigenvalue weighted by Gasteiger charge is -2.09. The minimum absolute atomic E-state index is 0.00389. The smallest absolute Gasteiger partial charge is 0.306 e. The summed E-state index contributed by atoms with van der Waals surface area (Å²) in [6, 6.07) is 6.03. The van der Waals surface area contributed by atoms with Gasteiger partial charge in [-0.05, 0) is 18.4 Å². The van der Waals surface area contributed by atoms with Crippen molar-refractivity contribution >= 4 is 21.7 Å². The molecule has 2 rings (SSSR count). The lowest BCUT2D eigenvalue weighted by molar-refractivity contribution is -0.149. The predicted octanol–water partition coefficient (Wildman–Crippen LogP) is 0.810. The summed E-state index contributed by atoms with van der Waals surface area (Å²) in [6.07, 6.45) is 0.427. The first kappa shape index (κ1) is 17.4. The molecule has 1 aromatic rings. The van der Waals surface area contributed by atoms with Gasteiger partial charge in [0, 0.05) is 18.5 Å². The molecule has 23 heavy (non-hydrogen) atoms. The van der Waals surface area contributed by atoms with Crippen LogP contribution in [0.3, 0.4) is 0 Å². The van der Waals surface area contributed by atoms with Gasteiger partial charge < -0.3 is 10.1 Å². The zero-order chi connectivity index (χ0) is 16.9. The van der Waals surface area contributed by atoms with Gasteiger partial charge in [-0.25, -0.2) is 12.8 Å². The topological polar surface area (TPSA) is 89.5 Å². The molecule has 1 fully saturated rings. The van der Waals surface area contributed by atoms with Crippen molar-refractivity contribution < 1.29 is 27.1 Å². The van der Waals surface area contributed by atoms with Gasteiger partial charge in [0.1, 0.15) is 5.82 Å². The Labute approximate surface area is 133 Å². The number of hydrogen-bond acceptors (Lipinski definition) is 5. The summed E-state index contributed by atoms with van der Waals surface area (Å²) in [5, 5.41) is 2.45. The fourth-order valence-electron chi connectivity index (χ4n) is 2.36. The summed E-state index contributed by atoms with van der Waals surface area (Å²) >= 11 is 0. The molecule has 8 heteroatoms. The van der Waals surface area contributed by atoms with E-state index in [1.807, 2.05) is 0 Å². The standard InChI is InChI=1S/C15H18FNO5S/c16-13-4-2-1-3-12(13)8-17-14(18)9-22-15(19)7-11-5-6-23(20,21)10-11/h1-4,11H,5-10H2,(H,17,18)/t11-/m1/s1. The molecule has 1 atom stereocenters. The third-order valence-corrected chi connectivity index (χ3v) is 5.42. The molecule has 0 saturated carbocycles. The van der Waals surface area contributed by atoms with Gasteiger partial charge in [0.15, 0.2) is 16.4 Å². The van der Waals surface area contributed by atoms with Gasteiger partial charge in [0.2, 0.25) is 0 Å². The lowest BCUT2D eigenvalue weighted by atomic mass is 10.1. The molecule has 0 aromatic heterocycles. The number of halogens is 1. The highest BCUT2D eigenvalue weighted by Gasteiger charge is 2.29. The molecule has 0 spiro atoms. The van der Waals surface area contributed by atoms with E-state index in [0.717, 1.165) is 0 Å². The van der Waals surface area contributed by atoms with Crippen LogP contribution in [0.4, 0.5) is 4.39 Å². The maximum atomic E-state index is 13.4. The molecule has 0 radical (unpaired) electrons. The van der Waals surface area contributed by atoms with E-state index in [-0.39, 0.29) is 30.4 Å². The number of amides is 1. The average molecular weight is 343 g/mol. The molecule has 1 N–H and O–H groups in total. The average Bonchev–Trinajstić information content (AvgIpc) is 2.83. The minimum atomic E-state index is -3.04. The highest BCUT2D eigenvalue weighted by atomic mass is 32.2. The first-order chi connectivity index (χ1) is 10.9. The Hall–Kier alpha value is -1.96. The summed E-state index contributed by atoms with van der Waals surface area (Å²) in [5.74, 6) is -1.73. The van der Waals surface area contributed by atoms with Crippen molar-refractivity contribution in [3.05, 3.63) is 35.6 Å². The van der Waals surface area contributed by atoms with Crippen LogP contribution in [0.15, 0.2) is 24.3 Å². The quantitative estimate of drug-likeness (QED) is 0.772. The van der Waals surface area contributed by atoms with Crippen LogP contribution in [0.25, 0.3) is 0 Å². The number of rotatable bonds is 6. The van der Waals surface area contributed by atoms with E-state index in [4.69, 9.17) is 4.74 Å². The Morgan fingerprint density at radius 2 is 2.04 bits per heavy atom. The van der Waals surface area contributed by atoms with E-state index in [0.29, 0.717) is 12.0 Å². The second-order valence-electron chi connectivity index (χ2n) is 5.50. The SMILES string of the molecule is O=C(COC(=O)C[C@H]1CCS(=O)(=O)C1)NCc1ccccc1F. The van der Waals surface area contributed by atoms with Crippen molar-refractivity contribution in [2.24, 2.45) is 5.92 Å². The summed E-state index contributed by atoms with van der Waals surface area (Å²) in [6.45, 7) is -0.462. The lowest BCUT2D eigenvalue weighted by Crippen LogP contribution is -2.29. The molecule has 126 valence electrons. The van der Waals surface area contributed by atoms with Crippen molar-refractivity contribution in [1.82, 2.24) is 5.32 Å². The molecule has 1 aliphatic rings. The number of benzene rings is 1. The van der Waals surface area contributed by atoms with Crippen LogP contribution in [0.2, 0.25) is 0 Å². The van der Waals surface area contributed by atoms with Crippen LogP contribution in [-0.4, -0.2) is 38.4 Å². The van der Waals surface area contributed by atoms with Gasteiger partial charge in [-0.2, -0.15) is 0 Å². The molecular formula is C15H18FNO5S. The highest BCUT2D eigenvalue weighted by Crippen LogP contribution is 2.21. The highest BCUT2D eigenvalue weighted by molar-refractivity contribution is 7.91. The minimum Gasteiger partial charge on any atom is -0.456 e. The first-order valence-electron chi connectivity index (χ1n) is 7.22. The maximum Gasteiger partial charge on any atom is 0.306 e. The van der Waals surface area contributed by atoms with Crippen LogP contribution < -0.4 is 5.32 Å². The van der Waals surface area contributed by atoms with Crippen molar-refractivity contribution in [3.8, 4) is 0 Å². The number of carbonyl (C=O) groups is 2. The Morgan fingerprint density at radius 3 is 2.70 bits per heavy atom. The Kier molecular flexibility index (Phi) is 5.70. The Balaban J connectivity index is 1.68. The van der Waals surface area contributed by atoms with Crippen molar-refractivity contribution in [3.63, 3.8) is 0 Å². The zero-order valence-electron chi connectivity index (χ0n) is 12.5. The van der Waals surface area contributed by atoms with Crippen LogP contribution in [0.5, 0.6) is 0 Å². The van der Waals surface area contributed by atoms with E-state index in [9.17, 15) is 22.4 Å². The van der Waals surface area contributed by atoms with Gasteiger partial charge in [-0.15, -0.1) is 0 Å². The molecule has 1 saturated heterocycles. The number of hydrogen-bond donors (Lipinski definition) is 1. The van der Waals surface area contributed by atoms with Crippen LogP contribution >= 0.6 is 0 Å². The van der Waals surface area contributed by atoms with Crippen LogP contribution in [0, 0.1) is 11.7 Å². The molecule has 0 unspecified atom stereocenters. The van der Waals surface area contributed by atoms with Gasteiger partial charge in [-0.1, -0.05) is 18.2 Å². The predicted molar refractivity (Wildman–Crippen MR) is 80.6 cm³/mol. The molecule has 1 aromatic carbocycles. The Bertz CT molecular complexity index is 689. The maximum absolute atomic E-state index is 13.4. The summed E-state index contributed by atoms with van der Waals surface area (Å²) in [5.41, 5.74) is 0.336. The molecule has 0 bridgehead atoms. The monoisotopic (exact) mass is 343 g/mol. The van der Waals surface area contributed by atoms with Crippen molar-refractivity contribution in [2.45, 2.75) is 19.4 Å². The third kappa shape index (κ3) is 5.63. The molecule has 1 aliphatic heterocycles. The first-order valence-corrected chi connectivity index (χ1v) is 9.04. The van der Waals surface area contributed by atoms with Crippen molar-refractivity contribution in [2.75, 3.05) is 18.1 Å². The number of carbonyl (C=O) groups excluding carboxylic acids is 2. The normalized spacial score (nSPS) is 19.3. The molecule has 0 aliphatic carbocycles. The van der Waals surface area contributed by atoms with Gasteiger partial charge in [0.05, 0.1) is 11.5 Å². The van der Waals surface area contributed by atoms with E-state index >= 15 is 0 Å². The molecule has 6 nitrogen and oxygen atoms in total. The van der Waals surface area contributed by atoms with E-state index in [1.54, 1.807) is 18.2 Å². The Morgan fingerprint density at radius 1 is 1.30 bits per heavy atom. The third-order valence-electron chi connectivity index (χ3n) is 3.58. The van der Waals surface area contributed by atoms with Crippen molar-refractivity contribution in [1.29, 1.82) is 0 Å². The van der Waals surface area contributed by atoms with E-state index in [2.05, 4.69) is 5.32 Å². The molecule has 1 amide bonds. The van der Waals surface area contributed by atoms with Crippen LogP contribution in [0.1, 0.15) is 18.4 Å². The van der Waals surface area contributed by atoms with Gasteiger partial charge >= 0.3 is 5.97 Å². The van der Waals surface area contributed by atoms with E-state index in [1.165, 1.54) is 6.07 Å². The van der Waals surface area contributed by atoms with Gasteiger partial charge in [0.25, 0.3) is 5.91 Å².